The van der Waals surface area contributed by atoms with Gasteiger partial charge < -0.3 is 11.1 Å². The van der Waals surface area contributed by atoms with Crippen LogP contribution in [0, 0.1) is 5.82 Å². The fraction of sp³-hybridized carbons (Fsp3) is 0.133. The molecule has 3 N–H and O–H groups in total. The number of primary amides is 1. The van der Waals surface area contributed by atoms with Gasteiger partial charge >= 0.3 is 0 Å². The molecule has 0 bridgehead atoms. The first-order valence-corrected chi connectivity index (χ1v) is 6.47. The van der Waals surface area contributed by atoms with E-state index in [0.29, 0.717) is 18.7 Å². The van der Waals surface area contributed by atoms with Crippen molar-refractivity contribution in [3.05, 3.63) is 70.0 Å². The van der Waals surface area contributed by atoms with Gasteiger partial charge in [-0.05, 0) is 35.4 Å². The molecule has 2 rings (SSSR count). The first-order chi connectivity index (χ1) is 9.56. The Hall–Kier alpha value is -1.91. The maximum absolute atomic E-state index is 13.0. The summed E-state index contributed by atoms with van der Waals surface area (Å²) in [5.41, 5.74) is 7.55. The molecule has 0 saturated heterocycles. The second kappa shape index (κ2) is 6.50. The molecule has 20 heavy (non-hydrogen) atoms. The fourth-order valence-electron chi connectivity index (χ4n) is 1.84. The highest BCUT2D eigenvalue weighted by Gasteiger charge is 2.03. The zero-order valence-corrected chi connectivity index (χ0v) is 11.5. The molecule has 0 aromatic heterocycles. The van der Waals surface area contributed by atoms with Gasteiger partial charge in [-0.2, -0.15) is 0 Å². The summed E-state index contributed by atoms with van der Waals surface area (Å²) < 4.78 is 13.0. The van der Waals surface area contributed by atoms with Gasteiger partial charge in [-0.1, -0.05) is 29.8 Å². The summed E-state index contributed by atoms with van der Waals surface area (Å²) in [4.78, 5) is 11.1. The van der Waals surface area contributed by atoms with Crippen LogP contribution in [0.3, 0.4) is 0 Å². The van der Waals surface area contributed by atoms with Gasteiger partial charge in [-0.3, -0.25) is 4.79 Å². The number of rotatable bonds is 5. The number of nitrogens with one attached hydrogen (secondary N) is 1. The van der Waals surface area contributed by atoms with E-state index in [4.69, 9.17) is 17.3 Å². The third kappa shape index (κ3) is 3.79. The van der Waals surface area contributed by atoms with Crippen molar-refractivity contribution in [3.8, 4) is 0 Å². The number of nitrogens with two attached hydrogens (primary N) is 1. The van der Waals surface area contributed by atoms with E-state index in [9.17, 15) is 9.18 Å². The summed E-state index contributed by atoms with van der Waals surface area (Å²) >= 11 is 5.71. The molecule has 0 radical (unpaired) electrons. The van der Waals surface area contributed by atoms with Crippen molar-refractivity contribution < 1.29 is 9.18 Å². The molecule has 0 saturated carbocycles. The standard InChI is InChI=1S/C15H14ClFN2O/c16-13-7-11(4-5-14(13)17)9-19-8-10-2-1-3-12(6-10)15(18)20/h1-7,19H,8-9H2,(H2,18,20). The Morgan fingerprint density at radius 3 is 2.50 bits per heavy atom. The minimum atomic E-state index is -0.447. The van der Waals surface area contributed by atoms with E-state index in [1.807, 2.05) is 6.07 Å². The predicted octanol–water partition coefficient (Wildman–Crippen LogP) is 2.87. The monoisotopic (exact) mass is 292 g/mol. The Morgan fingerprint density at radius 2 is 1.85 bits per heavy atom. The van der Waals surface area contributed by atoms with Gasteiger partial charge in [0.15, 0.2) is 0 Å². The molecule has 0 fully saturated rings. The second-order valence-electron chi connectivity index (χ2n) is 4.42. The molecular weight excluding hydrogens is 279 g/mol. The van der Waals surface area contributed by atoms with Crippen LogP contribution in [0.25, 0.3) is 0 Å². The summed E-state index contributed by atoms with van der Waals surface area (Å²) in [5.74, 6) is -0.873. The average molecular weight is 293 g/mol. The molecule has 2 aromatic carbocycles. The molecule has 0 aliphatic rings. The van der Waals surface area contributed by atoms with Crippen molar-refractivity contribution in [3.63, 3.8) is 0 Å². The summed E-state index contributed by atoms with van der Waals surface area (Å²) in [7, 11) is 0. The van der Waals surface area contributed by atoms with Gasteiger partial charge in [-0.15, -0.1) is 0 Å². The lowest BCUT2D eigenvalue weighted by molar-refractivity contribution is 0.1000. The smallest absolute Gasteiger partial charge is 0.248 e. The molecule has 1 amide bonds. The van der Waals surface area contributed by atoms with E-state index in [0.717, 1.165) is 11.1 Å². The third-order valence-corrected chi connectivity index (χ3v) is 3.14. The number of hydrogen-bond acceptors (Lipinski definition) is 2. The van der Waals surface area contributed by atoms with Crippen molar-refractivity contribution in [2.24, 2.45) is 5.73 Å². The van der Waals surface area contributed by atoms with Gasteiger partial charge in [0.2, 0.25) is 5.91 Å². The average Bonchev–Trinajstić information content (AvgIpc) is 2.43. The Balaban J connectivity index is 1.94. The van der Waals surface area contributed by atoms with Crippen LogP contribution in [-0.4, -0.2) is 5.91 Å². The Labute approximate surface area is 121 Å². The van der Waals surface area contributed by atoms with E-state index in [1.165, 1.54) is 6.07 Å². The summed E-state index contributed by atoms with van der Waals surface area (Å²) in [6, 6.07) is 11.7. The first-order valence-electron chi connectivity index (χ1n) is 6.09. The predicted molar refractivity (Wildman–Crippen MR) is 76.9 cm³/mol. The summed E-state index contributed by atoms with van der Waals surface area (Å²) in [6.07, 6.45) is 0. The molecule has 0 unspecified atom stereocenters. The zero-order chi connectivity index (χ0) is 14.5. The van der Waals surface area contributed by atoms with E-state index >= 15 is 0 Å². The Kier molecular flexibility index (Phi) is 4.71. The molecule has 2 aromatic rings. The molecule has 5 heteroatoms. The van der Waals surface area contributed by atoms with Crippen LogP contribution in [0.15, 0.2) is 42.5 Å². The van der Waals surface area contributed by atoms with Gasteiger partial charge in [0.1, 0.15) is 5.82 Å². The van der Waals surface area contributed by atoms with Crippen LogP contribution in [-0.2, 0) is 13.1 Å². The highest BCUT2D eigenvalue weighted by atomic mass is 35.5. The quantitative estimate of drug-likeness (QED) is 0.890. The van der Waals surface area contributed by atoms with Crippen molar-refractivity contribution in [2.75, 3.05) is 0 Å². The lowest BCUT2D eigenvalue weighted by atomic mass is 10.1. The van der Waals surface area contributed by atoms with Crippen LogP contribution < -0.4 is 11.1 Å². The van der Waals surface area contributed by atoms with Crippen LogP contribution in [0.2, 0.25) is 5.02 Å². The van der Waals surface area contributed by atoms with E-state index in [1.54, 1.807) is 30.3 Å². The lowest BCUT2D eigenvalue weighted by Gasteiger charge is -2.07. The summed E-state index contributed by atoms with van der Waals surface area (Å²) in [5, 5.41) is 3.31. The number of carbonyl (C=O) groups is 1. The van der Waals surface area contributed by atoms with E-state index in [2.05, 4.69) is 5.32 Å². The van der Waals surface area contributed by atoms with E-state index in [-0.39, 0.29) is 5.02 Å². The lowest BCUT2D eigenvalue weighted by Crippen LogP contribution is -2.15. The Bertz CT molecular complexity index is 631. The first kappa shape index (κ1) is 14.5. The molecule has 0 atom stereocenters. The van der Waals surface area contributed by atoms with Crippen molar-refractivity contribution in [2.45, 2.75) is 13.1 Å². The van der Waals surface area contributed by atoms with Crippen molar-refractivity contribution >= 4 is 17.5 Å². The highest BCUT2D eigenvalue weighted by molar-refractivity contribution is 6.30. The zero-order valence-electron chi connectivity index (χ0n) is 10.7. The van der Waals surface area contributed by atoms with Crippen molar-refractivity contribution in [1.82, 2.24) is 5.32 Å². The highest BCUT2D eigenvalue weighted by Crippen LogP contribution is 2.16. The van der Waals surface area contributed by atoms with Gasteiger partial charge in [0, 0.05) is 18.7 Å². The van der Waals surface area contributed by atoms with Gasteiger partial charge in [0.05, 0.1) is 5.02 Å². The molecule has 3 nitrogen and oxygen atoms in total. The largest absolute Gasteiger partial charge is 0.366 e. The number of carbonyl (C=O) groups excluding carboxylic acids is 1. The molecule has 104 valence electrons. The van der Waals surface area contributed by atoms with Gasteiger partial charge in [-0.25, -0.2) is 4.39 Å². The maximum atomic E-state index is 13.0. The van der Waals surface area contributed by atoms with Crippen molar-refractivity contribution in [1.29, 1.82) is 0 Å². The maximum Gasteiger partial charge on any atom is 0.248 e. The third-order valence-electron chi connectivity index (χ3n) is 2.85. The Morgan fingerprint density at radius 1 is 1.15 bits per heavy atom. The fourth-order valence-corrected chi connectivity index (χ4v) is 2.04. The van der Waals surface area contributed by atoms with Crippen LogP contribution >= 0.6 is 11.6 Å². The minimum absolute atomic E-state index is 0.111. The van der Waals surface area contributed by atoms with Crippen LogP contribution in [0.5, 0.6) is 0 Å². The number of benzene rings is 2. The normalized spacial score (nSPS) is 10.5. The SMILES string of the molecule is NC(=O)c1cccc(CNCc2ccc(F)c(Cl)c2)c1. The van der Waals surface area contributed by atoms with E-state index < -0.39 is 11.7 Å². The van der Waals surface area contributed by atoms with Gasteiger partial charge in [0.25, 0.3) is 0 Å². The van der Waals surface area contributed by atoms with Crippen LogP contribution in [0.4, 0.5) is 4.39 Å². The molecule has 0 aliphatic carbocycles. The molecule has 0 aliphatic heterocycles. The summed E-state index contributed by atoms with van der Waals surface area (Å²) in [6.45, 7) is 1.14. The minimum Gasteiger partial charge on any atom is -0.366 e. The topological polar surface area (TPSA) is 55.1 Å². The molecule has 0 spiro atoms. The molecule has 0 heterocycles. The number of halogens is 2. The van der Waals surface area contributed by atoms with Crippen LogP contribution in [0.1, 0.15) is 21.5 Å². The number of hydrogen-bond donors (Lipinski definition) is 2. The molecular formula is C15H14ClFN2O. The second-order valence-corrected chi connectivity index (χ2v) is 4.82. The number of amides is 1.